The highest BCUT2D eigenvalue weighted by atomic mass is 79.9. The summed E-state index contributed by atoms with van der Waals surface area (Å²) in [6.07, 6.45) is 0.122. The number of primary sulfonamides is 1. The van der Waals surface area contributed by atoms with Gasteiger partial charge in [0, 0.05) is 28.8 Å². The third-order valence-electron chi connectivity index (χ3n) is 4.08. The number of anilines is 2. The summed E-state index contributed by atoms with van der Waals surface area (Å²) in [5, 5.41) is 7.74. The number of nitrogens with two attached hydrogens (primary N) is 1. The highest BCUT2D eigenvalue weighted by Crippen LogP contribution is 2.27. The van der Waals surface area contributed by atoms with Gasteiger partial charge in [-0.3, -0.25) is 9.59 Å². The Morgan fingerprint density at radius 2 is 1.73 bits per heavy atom. The number of rotatable bonds is 4. The minimum atomic E-state index is -3.78. The molecule has 1 fully saturated rings. The van der Waals surface area contributed by atoms with Gasteiger partial charge in [-0.2, -0.15) is 0 Å². The molecule has 2 aromatic carbocycles. The Labute approximate surface area is 159 Å². The van der Waals surface area contributed by atoms with Gasteiger partial charge < -0.3 is 10.2 Å². The van der Waals surface area contributed by atoms with Crippen LogP contribution >= 0.6 is 15.9 Å². The maximum Gasteiger partial charge on any atom is 0.238 e. The highest BCUT2D eigenvalue weighted by Gasteiger charge is 2.35. The lowest BCUT2D eigenvalue weighted by Crippen LogP contribution is -2.28. The van der Waals surface area contributed by atoms with Gasteiger partial charge in [0.15, 0.2) is 0 Å². The molecule has 0 spiro atoms. The highest BCUT2D eigenvalue weighted by molar-refractivity contribution is 9.10. The predicted molar refractivity (Wildman–Crippen MR) is 101 cm³/mol. The Hall–Kier alpha value is -2.23. The molecule has 0 aliphatic carbocycles. The van der Waals surface area contributed by atoms with Crippen molar-refractivity contribution in [3.05, 3.63) is 53.0 Å². The zero-order valence-electron chi connectivity index (χ0n) is 13.6. The maximum absolute atomic E-state index is 12.4. The summed E-state index contributed by atoms with van der Waals surface area (Å²) in [6.45, 7) is 0.293. The molecule has 1 saturated heterocycles. The van der Waals surface area contributed by atoms with E-state index in [1.54, 1.807) is 4.90 Å². The predicted octanol–water partition coefficient (Wildman–Crippen LogP) is 2.09. The van der Waals surface area contributed by atoms with Crippen LogP contribution in [0.4, 0.5) is 11.4 Å². The number of amides is 2. The topological polar surface area (TPSA) is 110 Å². The van der Waals surface area contributed by atoms with Crippen molar-refractivity contribution in [1.82, 2.24) is 0 Å². The first-order valence-corrected chi connectivity index (χ1v) is 10.1. The van der Waals surface area contributed by atoms with Gasteiger partial charge in [-0.25, -0.2) is 13.6 Å². The molecule has 1 aliphatic heterocycles. The second kappa shape index (κ2) is 7.18. The van der Waals surface area contributed by atoms with E-state index in [4.69, 9.17) is 5.14 Å². The van der Waals surface area contributed by atoms with E-state index in [-0.39, 0.29) is 23.1 Å². The Kier molecular flexibility index (Phi) is 5.12. The number of sulfonamides is 1. The van der Waals surface area contributed by atoms with Crippen LogP contribution in [0, 0.1) is 5.92 Å². The largest absolute Gasteiger partial charge is 0.326 e. The fraction of sp³-hybridized carbons (Fsp3) is 0.176. The van der Waals surface area contributed by atoms with Crippen LogP contribution in [0.3, 0.4) is 0 Å². The zero-order chi connectivity index (χ0) is 18.9. The van der Waals surface area contributed by atoms with Crippen LogP contribution in [0.25, 0.3) is 0 Å². The van der Waals surface area contributed by atoms with Gasteiger partial charge in [0.05, 0.1) is 10.8 Å². The number of benzene rings is 2. The number of carbonyl (C=O) groups excluding carboxylic acids is 2. The maximum atomic E-state index is 12.4. The van der Waals surface area contributed by atoms with E-state index in [0.29, 0.717) is 12.2 Å². The molecular weight excluding hydrogens is 422 g/mol. The fourth-order valence-electron chi connectivity index (χ4n) is 2.73. The molecule has 1 atom stereocenters. The van der Waals surface area contributed by atoms with Crippen LogP contribution in [0.2, 0.25) is 0 Å². The zero-order valence-corrected chi connectivity index (χ0v) is 16.0. The van der Waals surface area contributed by atoms with Crippen molar-refractivity contribution in [3.8, 4) is 0 Å². The van der Waals surface area contributed by atoms with Gasteiger partial charge >= 0.3 is 0 Å². The molecule has 0 saturated carbocycles. The fourth-order valence-corrected chi connectivity index (χ4v) is 3.51. The number of carbonyl (C=O) groups is 2. The molecule has 7 nitrogen and oxygen atoms in total. The average Bonchev–Trinajstić information content (AvgIpc) is 2.97. The second-order valence-electron chi connectivity index (χ2n) is 5.94. The minimum absolute atomic E-state index is 0.0343. The third kappa shape index (κ3) is 4.12. The van der Waals surface area contributed by atoms with Gasteiger partial charge in [-0.15, -0.1) is 0 Å². The SMILES string of the molecule is NS(=O)(=O)c1ccc(NC(=O)[C@@H]2CC(=O)N(c3ccc(Br)cc3)C2)cc1. The summed E-state index contributed by atoms with van der Waals surface area (Å²) in [5.74, 6) is -0.887. The third-order valence-corrected chi connectivity index (χ3v) is 5.54. The summed E-state index contributed by atoms with van der Waals surface area (Å²) in [5.41, 5.74) is 1.18. The quantitative estimate of drug-likeness (QED) is 0.762. The first kappa shape index (κ1) is 18.6. The molecule has 1 aliphatic rings. The summed E-state index contributed by atoms with van der Waals surface area (Å²) < 4.78 is 23.4. The molecule has 2 aromatic rings. The Bertz CT molecular complexity index is 943. The summed E-state index contributed by atoms with van der Waals surface area (Å²) >= 11 is 3.35. The number of hydrogen-bond acceptors (Lipinski definition) is 4. The number of nitrogens with one attached hydrogen (secondary N) is 1. The second-order valence-corrected chi connectivity index (χ2v) is 8.42. The number of nitrogens with zero attached hydrogens (tertiary/aromatic N) is 1. The standard InChI is InChI=1S/C17H16BrN3O4S/c18-12-1-5-14(6-2-12)21-10-11(9-16(21)22)17(23)20-13-3-7-15(8-4-13)26(19,24)25/h1-8,11H,9-10H2,(H,20,23)(H2,19,24,25)/t11-/m1/s1. The van der Waals surface area contributed by atoms with Crippen molar-refractivity contribution in [2.24, 2.45) is 11.1 Å². The lowest BCUT2D eigenvalue weighted by atomic mass is 10.1. The minimum Gasteiger partial charge on any atom is -0.326 e. The lowest BCUT2D eigenvalue weighted by Gasteiger charge is -2.16. The van der Waals surface area contributed by atoms with E-state index >= 15 is 0 Å². The van der Waals surface area contributed by atoms with E-state index in [1.807, 2.05) is 24.3 Å². The van der Waals surface area contributed by atoms with E-state index in [0.717, 1.165) is 10.2 Å². The van der Waals surface area contributed by atoms with E-state index in [9.17, 15) is 18.0 Å². The van der Waals surface area contributed by atoms with Gasteiger partial charge in [0.2, 0.25) is 21.8 Å². The van der Waals surface area contributed by atoms with Crippen molar-refractivity contribution < 1.29 is 18.0 Å². The molecule has 2 amide bonds. The molecule has 0 bridgehead atoms. The van der Waals surface area contributed by atoms with Crippen molar-refractivity contribution in [2.75, 3.05) is 16.8 Å². The molecule has 26 heavy (non-hydrogen) atoms. The number of hydrogen-bond donors (Lipinski definition) is 2. The first-order valence-electron chi connectivity index (χ1n) is 7.74. The molecule has 3 rings (SSSR count). The van der Waals surface area contributed by atoms with Crippen molar-refractivity contribution in [3.63, 3.8) is 0 Å². The molecule has 1 heterocycles. The summed E-state index contributed by atoms with van der Waals surface area (Å²) in [4.78, 5) is 26.2. The van der Waals surface area contributed by atoms with Crippen molar-refractivity contribution in [2.45, 2.75) is 11.3 Å². The van der Waals surface area contributed by atoms with Gasteiger partial charge in [-0.1, -0.05) is 15.9 Å². The van der Waals surface area contributed by atoms with Crippen molar-refractivity contribution in [1.29, 1.82) is 0 Å². The molecule has 0 unspecified atom stereocenters. The van der Waals surface area contributed by atoms with Gasteiger partial charge in [0.25, 0.3) is 0 Å². The smallest absolute Gasteiger partial charge is 0.238 e. The van der Waals surface area contributed by atoms with Crippen LogP contribution in [0.15, 0.2) is 57.9 Å². The first-order chi connectivity index (χ1) is 12.2. The Morgan fingerprint density at radius 3 is 2.31 bits per heavy atom. The summed E-state index contributed by atoms with van der Waals surface area (Å²) in [6, 6.07) is 12.9. The van der Waals surface area contributed by atoms with Gasteiger partial charge in [-0.05, 0) is 48.5 Å². The van der Waals surface area contributed by atoms with Crippen LogP contribution in [0.1, 0.15) is 6.42 Å². The molecule has 136 valence electrons. The van der Waals surface area contributed by atoms with E-state index in [2.05, 4.69) is 21.2 Å². The van der Waals surface area contributed by atoms with Crippen molar-refractivity contribution >= 4 is 49.1 Å². The normalized spacial score (nSPS) is 17.4. The molecular formula is C17H16BrN3O4S. The Morgan fingerprint density at radius 1 is 1.12 bits per heavy atom. The average molecular weight is 438 g/mol. The van der Waals surface area contributed by atoms with E-state index in [1.165, 1.54) is 24.3 Å². The Balaban J connectivity index is 1.67. The monoisotopic (exact) mass is 437 g/mol. The van der Waals surface area contributed by atoms with Crippen LogP contribution < -0.4 is 15.4 Å². The summed E-state index contributed by atoms with van der Waals surface area (Å²) in [7, 11) is -3.78. The van der Waals surface area contributed by atoms with E-state index < -0.39 is 15.9 Å². The lowest BCUT2D eigenvalue weighted by molar-refractivity contribution is -0.122. The molecule has 0 radical (unpaired) electrons. The van der Waals surface area contributed by atoms with Crippen LogP contribution in [-0.4, -0.2) is 26.8 Å². The van der Waals surface area contributed by atoms with Crippen LogP contribution in [-0.2, 0) is 19.6 Å². The van der Waals surface area contributed by atoms with Gasteiger partial charge in [0.1, 0.15) is 0 Å². The molecule has 9 heteroatoms. The molecule has 3 N–H and O–H groups in total. The molecule has 0 aromatic heterocycles. The van der Waals surface area contributed by atoms with Crippen LogP contribution in [0.5, 0.6) is 0 Å². The number of halogens is 1.